The van der Waals surface area contributed by atoms with Crippen LogP contribution in [0.15, 0.2) is 77.7 Å². The molecule has 1 fully saturated rings. The molecule has 34 heavy (non-hydrogen) atoms. The molecule has 7 heteroatoms. The van der Waals surface area contributed by atoms with Crippen LogP contribution in [0.2, 0.25) is 0 Å². The van der Waals surface area contributed by atoms with Crippen LogP contribution in [0.1, 0.15) is 16.8 Å². The average molecular weight is 489 g/mol. The Morgan fingerprint density at radius 1 is 1.03 bits per heavy atom. The highest BCUT2D eigenvalue weighted by molar-refractivity contribution is 8.27. The van der Waals surface area contributed by atoms with Gasteiger partial charge in [0.25, 0.3) is 5.91 Å². The number of carbonyl (C=O) groups is 1. The first kappa shape index (κ1) is 22.4. The molecule has 0 aliphatic carbocycles. The Morgan fingerprint density at radius 3 is 2.47 bits per heavy atom. The smallest absolute Gasteiger partial charge is 0.270 e. The molecule has 1 amide bonds. The van der Waals surface area contributed by atoms with Crippen LogP contribution >= 0.6 is 24.0 Å². The van der Waals surface area contributed by atoms with E-state index in [0.717, 1.165) is 22.2 Å². The maximum Gasteiger partial charge on any atom is 0.270 e. The molecule has 0 bridgehead atoms. The van der Waals surface area contributed by atoms with Crippen LogP contribution in [0, 0.1) is 12.7 Å². The van der Waals surface area contributed by atoms with Crippen LogP contribution in [0.3, 0.4) is 0 Å². The van der Waals surface area contributed by atoms with Crippen LogP contribution in [0.5, 0.6) is 5.75 Å². The largest absolute Gasteiger partial charge is 0.497 e. The first-order chi connectivity index (χ1) is 16.5. The van der Waals surface area contributed by atoms with Gasteiger partial charge >= 0.3 is 0 Å². The summed E-state index contributed by atoms with van der Waals surface area (Å²) in [5.41, 5.74) is 4.19. The molecule has 4 aromatic rings. The number of thioether (sulfide) groups is 1. The van der Waals surface area contributed by atoms with E-state index in [1.54, 1.807) is 36.3 Å². The molecule has 1 saturated heterocycles. The molecule has 0 saturated carbocycles. The minimum atomic E-state index is -0.235. The van der Waals surface area contributed by atoms with E-state index in [-0.39, 0.29) is 11.7 Å². The van der Waals surface area contributed by atoms with E-state index >= 15 is 0 Å². The molecule has 2 heterocycles. The number of thiocarbonyl (C=S) groups is 1. The summed E-state index contributed by atoms with van der Waals surface area (Å²) in [6, 6.07) is 22.0. The van der Waals surface area contributed by atoms with Crippen molar-refractivity contribution >= 4 is 56.9 Å². The highest BCUT2D eigenvalue weighted by Gasteiger charge is 2.33. The van der Waals surface area contributed by atoms with Gasteiger partial charge in [-0.1, -0.05) is 60.4 Å². The van der Waals surface area contributed by atoms with E-state index in [2.05, 4.69) is 4.57 Å². The maximum atomic E-state index is 14.4. The van der Waals surface area contributed by atoms with Crippen molar-refractivity contribution in [1.82, 2.24) is 4.57 Å². The normalized spacial score (nSPS) is 15.0. The lowest BCUT2D eigenvalue weighted by Gasteiger charge is -2.14. The van der Waals surface area contributed by atoms with Crippen LogP contribution in [-0.2, 0) is 11.3 Å². The van der Waals surface area contributed by atoms with Gasteiger partial charge in [-0.3, -0.25) is 9.69 Å². The molecule has 0 atom stereocenters. The number of anilines is 1. The second-order valence-corrected chi connectivity index (χ2v) is 9.58. The zero-order valence-electron chi connectivity index (χ0n) is 18.6. The molecule has 4 nitrogen and oxygen atoms in total. The van der Waals surface area contributed by atoms with Gasteiger partial charge in [-0.15, -0.1) is 0 Å². The molecule has 1 aliphatic rings. The first-order valence-electron chi connectivity index (χ1n) is 10.7. The van der Waals surface area contributed by atoms with Crippen LogP contribution in [0.25, 0.3) is 17.0 Å². The first-order valence-corrected chi connectivity index (χ1v) is 11.9. The molecule has 3 aromatic carbocycles. The number of fused-ring (bicyclic) bond motifs is 1. The molecule has 0 N–H and O–H groups in total. The Bertz CT molecular complexity index is 1460. The molecule has 0 unspecified atom stereocenters. The van der Waals surface area contributed by atoms with Gasteiger partial charge in [0.1, 0.15) is 11.6 Å². The van der Waals surface area contributed by atoms with Crippen molar-refractivity contribution in [2.45, 2.75) is 13.5 Å². The van der Waals surface area contributed by atoms with Gasteiger partial charge in [-0.2, -0.15) is 0 Å². The third-order valence-electron chi connectivity index (χ3n) is 5.97. The zero-order chi connectivity index (χ0) is 23.8. The zero-order valence-corrected chi connectivity index (χ0v) is 20.3. The Balaban J connectivity index is 1.55. The lowest BCUT2D eigenvalue weighted by Crippen LogP contribution is -2.27. The van der Waals surface area contributed by atoms with Crippen molar-refractivity contribution in [3.8, 4) is 5.75 Å². The molecule has 170 valence electrons. The number of ether oxygens (including phenoxy) is 1. The standard InChI is InChI=1S/C27H21FN2O2S2/c1-17-22(15-25-26(31)30(27(33)34-25)19-11-13-20(32-2)14-12-19)21-8-4-6-10-24(21)29(17)16-18-7-3-5-9-23(18)28/h3-15H,16H2,1-2H3/b25-15+. The predicted molar refractivity (Wildman–Crippen MR) is 141 cm³/mol. The lowest BCUT2D eigenvalue weighted by molar-refractivity contribution is -0.113. The Hall–Kier alpha value is -3.42. The number of carbonyl (C=O) groups excluding carboxylic acids is 1. The minimum absolute atomic E-state index is 0.162. The van der Waals surface area contributed by atoms with E-state index in [0.29, 0.717) is 32.8 Å². The molecule has 0 spiro atoms. The summed E-state index contributed by atoms with van der Waals surface area (Å²) >= 11 is 6.82. The lowest BCUT2D eigenvalue weighted by atomic mass is 10.1. The molecule has 5 rings (SSSR count). The number of hydrogen-bond donors (Lipinski definition) is 0. The number of benzene rings is 3. The van der Waals surface area contributed by atoms with Crippen molar-refractivity contribution in [3.05, 3.63) is 100 Å². The molecule has 1 aromatic heterocycles. The fourth-order valence-corrected chi connectivity index (χ4v) is 5.47. The fraction of sp³-hybridized carbons (Fsp3) is 0.111. The number of halogens is 1. The van der Waals surface area contributed by atoms with E-state index in [9.17, 15) is 9.18 Å². The highest BCUT2D eigenvalue weighted by Crippen LogP contribution is 2.38. The van der Waals surface area contributed by atoms with Crippen LogP contribution in [0.4, 0.5) is 10.1 Å². The summed E-state index contributed by atoms with van der Waals surface area (Å²) in [6.45, 7) is 2.40. The van der Waals surface area contributed by atoms with Gasteiger partial charge in [0, 0.05) is 27.7 Å². The van der Waals surface area contributed by atoms with Crippen molar-refractivity contribution in [3.63, 3.8) is 0 Å². The highest BCUT2D eigenvalue weighted by atomic mass is 32.2. The number of para-hydroxylation sites is 1. The number of methoxy groups -OCH3 is 1. The van der Waals surface area contributed by atoms with Gasteiger partial charge < -0.3 is 9.30 Å². The molecular formula is C27H21FN2O2S2. The number of amides is 1. The van der Waals surface area contributed by atoms with Crippen molar-refractivity contribution in [2.75, 3.05) is 12.0 Å². The van der Waals surface area contributed by atoms with Crippen LogP contribution < -0.4 is 9.64 Å². The van der Waals surface area contributed by atoms with Gasteiger partial charge in [0.2, 0.25) is 0 Å². The summed E-state index contributed by atoms with van der Waals surface area (Å²) in [5, 5.41) is 1.01. The van der Waals surface area contributed by atoms with Gasteiger partial charge in [-0.25, -0.2) is 4.39 Å². The summed E-state index contributed by atoms with van der Waals surface area (Å²) in [7, 11) is 1.60. The Morgan fingerprint density at radius 2 is 1.74 bits per heavy atom. The van der Waals surface area contributed by atoms with Crippen molar-refractivity contribution < 1.29 is 13.9 Å². The molecule has 1 aliphatic heterocycles. The third-order valence-corrected chi connectivity index (χ3v) is 7.27. The van der Waals surface area contributed by atoms with E-state index in [4.69, 9.17) is 17.0 Å². The Labute approximate surface area is 206 Å². The summed E-state index contributed by atoms with van der Waals surface area (Å²) in [5.74, 6) is 0.315. The summed E-state index contributed by atoms with van der Waals surface area (Å²) in [6.07, 6.45) is 1.90. The third kappa shape index (κ3) is 3.91. The van der Waals surface area contributed by atoms with Gasteiger partial charge in [0.05, 0.1) is 24.2 Å². The molecular weight excluding hydrogens is 467 g/mol. The number of hydrogen-bond acceptors (Lipinski definition) is 4. The number of aromatic nitrogens is 1. The van der Waals surface area contributed by atoms with Crippen molar-refractivity contribution in [2.24, 2.45) is 0 Å². The summed E-state index contributed by atoms with van der Waals surface area (Å²) < 4.78 is 22.2. The number of nitrogens with zero attached hydrogens (tertiary/aromatic N) is 2. The predicted octanol–water partition coefficient (Wildman–Crippen LogP) is 6.55. The molecule has 0 radical (unpaired) electrons. The maximum absolute atomic E-state index is 14.4. The SMILES string of the molecule is COc1ccc(N2C(=O)/C(=C\c3c(C)n(Cc4ccccc4F)c4ccccc34)SC2=S)cc1. The monoisotopic (exact) mass is 488 g/mol. The van der Waals surface area contributed by atoms with Gasteiger partial charge in [0.15, 0.2) is 4.32 Å². The quantitative estimate of drug-likeness (QED) is 0.236. The van der Waals surface area contributed by atoms with E-state index in [1.165, 1.54) is 17.8 Å². The minimum Gasteiger partial charge on any atom is -0.497 e. The van der Waals surface area contributed by atoms with Crippen molar-refractivity contribution in [1.29, 1.82) is 0 Å². The Kier molecular flexibility index (Phi) is 5.98. The number of rotatable bonds is 5. The summed E-state index contributed by atoms with van der Waals surface area (Å²) in [4.78, 5) is 15.4. The topological polar surface area (TPSA) is 34.5 Å². The van der Waals surface area contributed by atoms with E-state index in [1.807, 2.05) is 55.5 Å². The van der Waals surface area contributed by atoms with Crippen LogP contribution in [-0.4, -0.2) is 21.9 Å². The van der Waals surface area contributed by atoms with Gasteiger partial charge in [-0.05, 0) is 49.4 Å². The second kappa shape index (κ2) is 9.08. The van der Waals surface area contributed by atoms with E-state index < -0.39 is 0 Å². The second-order valence-electron chi connectivity index (χ2n) is 7.91. The average Bonchev–Trinajstić information content (AvgIpc) is 3.28. The fourth-order valence-electron chi connectivity index (χ4n) is 4.19.